The first kappa shape index (κ1) is 10.0. The number of piperidine rings is 1. The van der Waals surface area contributed by atoms with Crippen LogP contribution in [-0.4, -0.2) is 17.6 Å². The van der Waals surface area contributed by atoms with E-state index in [4.69, 9.17) is 16.8 Å². The van der Waals surface area contributed by atoms with Gasteiger partial charge in [0, 0.05) is 12.6 Å². The topological polar surface area (TPSA) is 79.1 Å². The van der Waals surface area contributed by atoms with Gasteiger partial charge in [0.2, 0.25) is 0 Å². The second kappa shape index (κ2) is 4.26. The third-order valence-electron chi connectivity index (χ3n) is 2.37. The lowest BCUT2D eigenvalue weighted by Gasteiger charge is -2.32. The van der Waals surface area contributed by atoms with E-state index in [1.807, 2.05) is 6.92 Å². The number of hydrogen-bond donors (Lipinski definition) is 2. The number of allylic oxidation sites excluding steroid dienone is 1. The molecule has 1 unspecified atom stereocenters. The predicted octanol–water partition coefficient (Wildman–Crippen LogP) is 0.471. The Bertz CT molecular complexity index is 239. The Labute approximate surface area is 78.8 Å². The van der Waals surface area contributed by atoms with Gasteiger partial charge in [-0.3, -0.25) is 0 Å². The van der Waals surface area contributed by atoms with E-state index in [0.717, 1.165) is 30.7 Å². The summed E-state index contributed by atoms with van der Waals surface area (Å²) >= 11 is 0. The van der Waals surface area contributed by atoms with Crippen molar-refractivity contribution in [1.82, 2.24) is 5.01 Å². The lowest BCUT2D eigenvalue weighted by Crippen LogP contribution is -2.45. The molecule has 4 nitrogen and oxygen atoms in total. The molecule has 4 heteroatoms. The highest BCUT2D eigenvalue weighted by molar-refractivity contribution is 5.30. The standard InChI is InChI=1S/C9H16N4/c1-2-7(6-10)9-8(11)4-3-5-13(9)12/h8H,2-5,11-12H2,1H3/b9-7-. The average molecular weight is 180 g/mol. The zero-order chi connectivity index (χ0) is 9.84. The van der Waals surface area contributed by atoms with Gasteiger partial charge in [0.05, 0.1) is 17.3 Å². The zero-order valence-corrected chi connectivity index (χ0v) is 7.95. The third kappa shape index (κ3) is 2.00. The van der Waals surface area contributed by atoms with E-state index in [9.17, 15) is 0 Å². The van der Waals surface area contributed by atoms with Crippen molar-refractivity contribution < 1.29 is 0 Å². The average Bonchev–Trinajstić information content (AvgIpc) is 2.11. The molecular formula is C9H16N4. The number of hydrazine groups is 1. The Morgan fingerprint density at radius 3 is 2.92 bits per heavy atom. The monoisotopic (exact) mass is 180 g/mol. The van der Waals surface area contributed by atoms with Crippen LogP contribution in [0.5, 0.6) is 0 Å². The summed E-state index contributed by atoms with van der Waals surface area (Å²) in [4.78, 5) is 0. The van der Waals surface area contributed by atoms with E-state index in [1.54, 1.807) is 5.01 Å². The summed E-state index contributed by atoms with van der Waals surface area (Å²) in [6.07, 6.45) is 2.63. The summed E-state index contributed by atoms with van der Waals surface area (Å²) in [7, 11) is 0. The van der Waals surface area contributed by atoms with Gasteiger partial charge in [0.15, 0.2) is 0 Å². The normalized spacial score (nSPS) is 26.9. The van der Waals surface area contributed by atoms with Crippen molar-refractivity contribution in [3.05, 3.63) is 11.3 Å². The van der Waals surface area contributed by atoms with Crippen LogP contribution in [0.25, 0.3) is 0 Å². The van der Waals surface area contributed by atoms with E-state index >= 15 is 0 Å². The molecule has 0 aromatic carbocycles. The Balaban J connectivity index is 2.96. The van der Waals surface area contributed by atoms with Crippen LogP contribution in [0, 0.1) is 11.3 Å². The van der Waals surface area contributed by atoms with Gasteiger partial charge in [-0.25, -0.2) is 5.84 Å². The van der Waals surface area contributed by atoms with Crippen molar-refractivity contribution >= 4 is 0 Å². The largest absolute Gasteiger partial charge is 0.323 e. The summed E-state index contributed by atoms with van der Waals surface area (Å²) in [6, 6.07) is 2.10. The molecule has 0 amide bonds. The SMILES string of the molecule is CC/C(C#N)=C1\C(N)CCCN1N. The molecule has 0 bridgehead atoms. The van der Waals surface area contributed by atoms with E-state index in [2.05, 4.69) is 6.07 Å². The van der Waals surface area contributed by atoms with Crippen LogP contribution >= 0.6 is 0 Å². The van der Waals surface area contributed by atoms with Crippen molar-refractivity contribution in [2.75, 3.05) is 6.54 Å². The molecule has 1 aliphatic heterocycles. The molecule has 0 aromatic rings. The summed E-state index contributed by atoms with van der Waals surface area (Å²) < 4.78 is 0. The van der Waals surface area contributed by atoms with E-state index in [0.29, 0.717) is 6.42 Å². The molecule has 1 aliphatic rings. The Morgan fingerprint density at radius 2 is 2.46 bits per heavy atom. The van der Waals surface area contributed by atoms with Crippen molar-refractivity contribution in [3.63, 3.8) is 0 Å². The van der Waals surface area contributed by atoms with E-state index < -0.39 is 0 Å². The summed E-state index contributed by atoms with van der Waals surface area (Å²) in [5, 5.41) is 10.5. The number of hydrogen-bond acceptors (Lipinski definition) is 4. The van der Waals surface area contributed by atoms with Gasteiger partial charge >= 0.3 is 0 Å². The van der Waals surface area contributed by atoms with Gasteiger partial charge in [0.1, 0.15) is 0 Å². The van der Waals surface area contributed by atoms with E-state index in [-0.39, 0.29) is 6.04 Å². The van der Waals surface area contributed by atoms with Crippen molar-refractivity contribution in [1.29, 1.82) is 5.26 Å². The fourth-order valence-corrected chi connectivity index (χ4v) is 1.67. The first-order valence-corrected chi connectivity index (χ1v) is 4.61. The summed E-state index contributed by atoms with van der Waals surface area (Å²) in [5.41, 5.74) is 7.44. The minimum absolute atomic E-state index is 0.0617. The fourth-order valence-electron chi connectivity index (χ4n) is 1.67. The van der Waals surface area contributed by atoms with Gasteiger partial charge in [-0.05, 0) is 19.3 Å². The summed E-state index contributed by atoms with van der Waals surface area (Å²) in [5.74, 6) is 5.77. The lowest BCUT2D eigenvalue weighted by atomic mass is 9.98. The molecule has 13 heavy (non-hydrogen) atoms. The molecule has 0 spiro atoms. The minimum Gasteiger partial charge on any atom is -0.323 e. The van der Waals surface area contributed by atoms with Gasteiger partial charge in [-0.2, -0.15) is 5.26 Å². The number of nitrogens with two attached hydrogens (primary N) is 2. The van der Waals surface area contributed by atoms with Crippen molar-refractivity contribution in [3.8, 4) is 6.07 Å². The molecule has 72 valence electrons. The maximum absolute atomic E-state index is 8.87. The van der Waals surface area contributed by atoms with Gasteiger partial charge in [-0.15, -0.1) is 0 Å². The molecule has 1 fully saturated rings. The van der Waals surface area contributed by atoms with Gasteiger partial charge < -0.3 is 10.7 Å². The number of rotatable bonds is 1. The zero-order valence-electron chi connectivity index (χ0n) is 7.95. The highest BCUT2D eigenvalue weighted by Gasteiger charge is 2.22. The molecule has 1 rings (SSSR count). The highest BCUT2D eigenvalue weighted by atomic mass is 15.4. The van der Waals surface area contributed by atoms with Crippen LogP contribution in [0.15, 0.2) is 11.3 Å². The molecule has 0 saturated carbocycles. The molecule has 1 heterocycles. The molecule has 4 N–H and O–H groups in total. The van der Waals surface area contributed by atoms with Crippen molar-refractivity contribution in [2.45, 2.75) is 32.2 Å². The van der Waals surface area contributed by atoms with Crippen LogP contribution in [0.4, 0.5) is 0 Å². The molecular weight excluding hydrogens is 164 g/mol. The van der Waals surface area contributed by atoms with Crippen molar-refractivity contribution in [2.24, 2.45) is 11.6 Å². The highest BCUT2D eigenvalue weighted by Crippen LogP contribution is 2.21. The molecule has 1 saturated heterocycles. The van der Waals surface area contributed by atoms with Gasteiger partial charge in [-0.1, -0.05) is 6.92 Å². The third-order valence-corrected chi connectivity index (χ3v) is 2.37. The second-order valence-electron chi connectivity index (χ2n) is 3.27. The molecule has 0 radical (unpaired) electrons. The van der Waals surface area contributed by atoms with Crippen LogP contribution in [0.3, 0.4) is 0 Å². The summed E-state index contributed by atoms with van der Waals surface area (Å²) in [6.45, 7) is 2.74. The lowest BCUT2D eigenvalue weighted by molar-refractivity contribution is 0.276. The Hall–Kier alpha value is -1.05. The maximum Gasteiger partial charge on any atom is 0.0966 e. The quantitative estimate of drug-likeness (QED) is 0.454. The Morgan fingerprint density at radius 1 is 1.77 bits per heavy atom. The Kier molecular flexibility index (Phi) is 3.29. The van der Waals surface area contributed by atoms with Crippen LogP contribution in [0.2, 0.25) is 0 Å². The van der Waals surface area contributed by atoms with Crippen LogP contribution in [0.1, 0.15) is 26.2 Å². The van der Waals surface area contributed by atoms with Gasteiger partial charge in [0.25, 0.3) is 0 Å². The maximum atomic E-state index is 8.87. The number of nitriles is 1. The minimum atomic E-state index is -0.0617. The molecule has 0 aliphatic carbocycles. The first-order valence-electron chi connectivity index (χ1n) is 4.61. The predicted molar refractivity (Wildman–Crippen MR) is 51.0 cm³/mol. The smallest absolute Gasteiger partial charge is 0.0966 e. The second-order valence-corrected chi connectivity index (χ2v) is 3.27. The van der Waals surface area contributed by atoms with E-state index in [1.165, 1.54) is 0 Å². The first-order chi connectivity index (χ1) is 6.20. The van der Waals surface area contributed by atoms with Crippen LogP contribution in [-0.2, 0) is 0 Å². The fraction of sp³-hybridized carbons (Fsp3) is 0.667. The molecule has 1 atom stereocenters. The molecule has 0 aromatic heterocycles. The van der Waals surface area contributed by atoms with Crippen LogP contribution < -0.4 is 11.6 Å². The number of nitrogens with zero attached hydrogens (tertiary/aromatic N) is 2.